The Morgan fingerprint density at radius 2 is 0.788 bits per heavy atom. The molecule has 3 atom stereocenters. The van der Waals surface area contributed by atoms with Gasteiger partial charge >= 0.3 is 5.97 Å². The number of unbranched alkanes of at least 4 members (excludes halogenated alkanes) is 32. The lowest BCUT2D eigenvalue weighted by molar-refractivity contribution is -0.151. The zero-order chi connectivity index (χ0) is 48.1. The van der Waals surface area contributed by atoms with Gasteiger partial charge in [-0.2, -0.15) is 0 Å². The van der Waals surface area contributed by atoms with Crippen molar-refractivity contribution in [1.82, 2.24) is 5.32 Å². The minimum atomic E-state index is -0.800. The van der Waals surface area contributed by atoms with Crippen molar-refractivity contribution in [2.75, 3.05) is 6.61 Å². The van der Waals surface area contributed by atoms with Crippen LogP contribution in [0.2, 0.25) is 0 Å². The average Bonchev–Trinajstić information content (AvgIpc) is 3.31. The number of hydrogen-bond donors (Lipinski definition) is 3. The second kappa shape index (κ2) is 53.5. The van der Waals surface area contributed by atoms with Crippen LogP contribution in [0.4, 0.5) is 0 Å². The van der Waals surface area contributed by atoms with Crippen molar-refractivity contribution in [3.8, 4) is 0 Å². The quantitative estimate of drug-likeness (QED) is 0.0244. The molecule has 0 spiro atoms. The summed E-state index contributed by atoms with van der Waals surface area (Å²) >= 11 is 0. The van der Waals surface area contributed by atoms with Crippen LogP contribution < -0.4 is 5.32 Å². The number of carbonyl (C=O) groups excluding carboxylic acids is 2. The molecular formula is C60H109NO5. The monoisotopic (exact) mass is 924 g/mol. The highest BCUT2D eigenvalue weighted by Gasteiger charge is 2.24. The molecule has 0 radical (unpaired) electrons. The van der Waals surface area contributed by atoms with Crippen molar-refractivity contribution >= 4 is 11.9 Å². The van der Waals surface area contributed by atoms with Gasteiger partial charge in [0.25, 0.3) is 0 Å². The fourth-order valence-corrected chi connectivity index (χ4v) is 8.56. The Morgan fingerprint density at radius 1 is 0.439 bits per heavy atom. The summed E-state index contributed by atoms with van der Waals surface area (Å²) in [5, 5.41) is 23.8. The van der Waals surface area contributed by atoms with Crippen molar-refractivity contribution in [1.29, 1.82) is 0 Å². The second-order valence-electron chi connectivity index (χ2n) is 19.4. The minimum absolute atomic E-state index is 0.0508. The van der Waals surface area contributed by atoms with Crippen LogP contribution in [0.1, 0.15) is 284 Å². The summed E-state index contributed by atoms with van der Waals surface area (Å²) in [6, 6.07) is -0.716. The van der Waals surface area contributed by atoms with Crippen LogP contribution in [0.25, 0.3) is 0 Å². The van der Waals surface area contributed by atoms with Crippen LogP contribution in [0, 0.1) is 0 Å². The third-order valence-corrected chi connectivity index (χ3v) is 12.9. The SMILES string of the molecule is CCCCC/C=C/C=C/C=C/C=C/CCCCCC(CC(=O)NC(CO)C(O)CCCCCCCCCCCCCC)OC(=O)CCCCCCCCCCC/C=C/CCCCCCCC. The first kappa shape index (κ1) is 63.6. The first-order valence-electron chi connectivity index (χ1n) is 28.6. The van der Waals surface area contributed by atoms with Gasteiger partial charge in [-0.15, -0.1) is 0 Å². The highest BCUT2D eigenvalue weighted by molar-refractivity contribution is 5.77. The Balaban J connectivity index is 4.62. The Hall–Kier alpha value is -2.44. The molecule has 0 aromatic heterocycles. The zero-order valence-corrected chi connectivity index (χ0v) is 43.8. The minimum Gasteiger partial charge on any atom is -0.462 e. The van der Waals surface area contributed by atoms with Gasteiger partial charge in [0.05, 0.1) is 25.2 Å². The maximum atomic E-state index is 13.2. The van der Waals surface area contributed by atoms with Crippen molar-refractivity contribution in [2.45, 2.75) is 302 Å². The molecule has 66 heavy (non-hydrogen) atoms. The number of nitrogens with one attached hydrogen (secondary N) is 1. The van der Waals surface area contributed by atoms with Crippen LogP contribution in [0.15, 0.2) is 60.8 Å². The molecule has 0 fully saturated rings. The molecule has 0 aliphatic rings. The third kappa shape index (κ3) is 48.0. The van der Waals surface area contributed by atoms with Crippen molar-refractivity contribution in [3.05, 3.63) is 60.8 Å². The van der Waals surface area contributed by atoms with Crippen molar-refractivity contribution in [2.24, 2.45) is 0 Å². The standard InChI is InChI=1S/C60H109NO5/c1-4-7-10-13-16-19-22-25-27-29-30-31-33-35-38-41-44-47-50-53-60(65)66-56(51-48-45-42-39-36-34-32-28-26-23-20-17-14-11-8-5-2)54-59(64)61-57(55-62)58(63)52-49-46-43-40-37-24-21-18-15-12-9-6-3/h17,20,23,25-28,32,34,36,56-58,62-63H,4-16,18-19,21-22,24,29-31,33,35,37-55H2,1-3H3,(H,61,64)/b20-17+,26-23+,27-25+,32-28+,36-34+. The number of aliphatic hydroxyl groups excluding tert-OH is 2. The first-order valence-corrected chi connectivity index (χ1v) is 28.6. The molecule has 3 N–H and O–H groups in total. The van der Waals surface area contributed by atoms with Crippen LogP contribution >= 0.6 is 0 Å². The molecule has 0 saturated carbocycles. The molecule has 6 nitrogen and oxygen atoms in total. The Labute approximate surface area is 409 Å². The van der Waals surface area contributed by atoms with Crippen molar-refractivity contribution in [3.63, 3.8) is 0 Å². The van der Waals surface area contributed by atoms with E-state index >= 15 is 0 Å². The summed E-state index contributed by atoms with van der Waals surface area (Å²) in [5.74, 6) is -0.508. The zero-order valence-electron chi connectivity index (χ0n) is 43.8. The highest BCUT2D eigenvalue weighted by Crippen LogP contribution is 2.18. The first-order chi connectivity index (χ1) is 32.5. The Kier molecular flexibility index (Phi) is 51.5. The summed E-state index contributed by atoms with van der Waals surface area (Å²) in [5.41, 5.74) is 0. The molecule has 0 heterocycles. The molecule has 6 heteroatoms. The lowest BCUT2D eigenvalue weighted by Crippen LogP contribution is -2.46. The average molecular weight is 925 g/mol. The summed E-state index contributed by atoms with van der Waals surface area (Å²) < 4.78 is 5.94. The topological polar surface area (TPSA) is 95.9 Å². The fraction of sp³-hybridized carbons (Fsp3) is 0.800. The normalized spacial score (nSPS) is 13.6. The fourth-order valence-electron chi connectivity index (χ4n) is 8.56. The number of allylic oxidation sites excluding steroid dienone is 10. The Bertz CT molecular complexity index is 1170. The molecule has 0 rings (SSSR count). The van der Waals surface area contributed by atoms with E-state index in [1.165, 1.54) is 167 Å². The molecule has 0 aromatic carbocycles. The Morgan fingerprint density at radius 3 is 1.26 bits per heavy atom. The van der Waals surface area contributed by atoms with Gasteiger partial charge in [-0.25, -0.2) is 0 Å². The van der Waals surface area contributed by atoms with Crippen LogP contribution in [-0.2, 0) is 14.3 Å². The smallest absolute Gasteiger partial charge is 0.306 e. The molecule has 0 bridgehead atoms. The molecule has 0 aliphatic heterocycles. The number of hydrogen-bond acceptors (Lipinski definition) is 5. The summed E-state index contributed by atoms with van der Waals surface area (Å²) in [7, 11) is 0. The number of ether oxygens (including phenoxy) is 1. The van der Waals surface area contributed by atoms with E-state index in [0.717, 1.165) is 70.6 Å². The highest BCUT2D eigenvalue weighted by atomic mass is 16.5. The van der Waals surface area contributed by atoms with Crippen molar-refractivity contribution < 1.29 is 24.5 Å². The van der Waals surface area contributed by atoms with E-state index in [1.54, 1.807) is 0 Å². The van der Waals surface area contributed by atoms with E-state index in [4.69, 9.17) is 4.74 Å². The molecule has 3 unspecified atom stereocenters. The van der Waals surface area contributed by atoms with E-state index in [2.05, 4.69) is 86.8 Å². The van der Waals surface area contributed by atoms with E-state index in [9.17, 15) is 19.8 Å². The number of esters is 1. The number of aliphatic hydroxyl groups is 2. The van der Waals surface area contributed by atoms with Crippen LogP contribution in [0.5, 0.6) is 0 Å². The lowest BCUT2D eigenvalue weighted by atomic mass is 10.0. The van der Waals surface area contributed by atoms with E-state index in [-0.39, 0.29) is 24.9 Å². The number of rotatable bonds is 51. The summed E-state index contributed by atoms with van der Waals surface area (Å²) in [6.07, 6.45) is 67.1. The summed E-state index contributed by atoms with van der Waals surface area (Å²) in [4.78, 5) is 26.3. The van der Waals surface area contributed by atoms with E-state index in [0.29, 0.717) is 19.3 Å². The lowest BCUT2D eigenvalue weighted by Gasteiger charge is -2.24. The molecule has 0 aliphatic carbocycles. The van der Waals surface area contributed by atoms with Gasteiger partial charge in [-0.3, -0.25) is 9.59 Å². The number of amides is 1. The maximum absolute atomic E-state index is 13.2. The van der Waals surface area contributed by atoms with Gasteiger partial charge in [-0.05, 0) is 77.0 Å². The van der Waals surface area contributed by atoms with Gasteiger partial charge in [0.15, 0.2) is 0 Å². The molecule has 0 aromatic rings. The van der Waals surface area contributed by atoms with Gasteiger partial charge in [0.1, 0.15) is 6.10 Å². The van der Waals surface area contributed by atoms with Gasteiger partial charge in [0.2, 0.25) is 5.91 Å². The van der Waals surface area contributed by atoms with Gasteiger partial charge in [0, 0.05) is 6.42 Å². The van der Waals surface area contributed by atoms with Crippen LogP contribution in [-0.4, -0.2) is 46.9 Å². The molecule has 0 saturated heterocycles. The van der Waals surface area contributed by atoms with Gasteiger partial charge in [-0.1, -0.05) is 255 Å². The van der Waals surface area contributed by atoms with E-state index < -0.39 is 18.2 Å². The predicted octanol–water partition coefficient (Wildman–Crippen LogP) is 17.6. The molecule has 1 amide bonds. The third-order valence-electron chi connectivity index (χ3n) is 12.9. The number of carbonyl (C=O) groups is 2. The largest absolute Gasteiger partial charge is 0.462 e. The van der Waals surface area contributed by atoms with E-state index in [1.807, 2.05) is 0 Å². The predicted molar refractivity (Wildman–Crippen MR) is 287 cm³/mol. The van der Waals surface area contributed by atoms with Crippen LogP contribution in [0.3, 0.4) is 0 Å². The summed E-state index contributed by atoms with van der Waals surface area (Å²) in [6.45, 7) is 6.45. The van der Waals surface area contributed by atoms with Gasteiger partial charge < -0.3 is 20.3 Å². The second-order valence-corrected chi connectivity index (χ2v) is 19.4. The maximum Gasteiger partial charge on any atom is 0.306 e. The molecular weight excluding hydrogens is 815 g/mol. The molecule has 384 valence electrons.